The Bertz CT molecular complexity index is 1040. The Morgan fingerprint density at radius 3 is 2.24 bits per heavy atom. The maximum Gasteiger partial charge on any atom is 0.273 e. The molecule has 25 heavy (non-hydrogen) atoms. The summed E-state index contributed by atoms with van der Waals surface area (Å²) in [5, 5.41) is 40.1. The molecule has 0 amide bonds. The lowest BCUT2D eigenvalue weighted by Gasteiger charge is -2.07. The van der Waals surface area contributed by atoms with Crippen molar-refractivity contribution in [2.45, 2.75) is 0 Å². The predicted octanol–water partition coefficient (Wildman–Crippen LogP) is 5.88. The Morgan fingerprint density at radius 2 is 1.56 bits per heavy atom. The number of hydrogen-bond donors (Lipinski definition) is 2. The Balaban J connectivity index is 2.04. The quantitative estimate of drug-likeness (QED) is 0.337. The molecule has 0 spiro atoms. The standard InChI is InChI=1S/C16H9Cl2N3O4/c17-10-3-4-11(18)15-9(10)2-6-13(16(15)23)20-19-12-5-1-8(21(24)25)7-14(12)22/h1-7,22-23H. The van der Waals surface area contributed by atoms with E-state index in [0.29, 0.717) is 20.8 Å². The fraction of sp³-hybridized carbons (Fsp3) is 0. The summed E-state index contributed by atoms with van der Waals surface area (Å²) < 4.78 is 0. The van der Waals surface area contributed by atoms with Crippen LogP contribution in [0.5, 0.6) is 11.5 Å². The molecule has 0 unspecified atom stereocenters. The predicted molar refractivity (Wildman–Crippen MR) is 94.6 cm³/mol. The van der Waals surface area contributed by atoms with E-state index in [-0.39, 0.29) is 22.8 Å². The van der Waals surface area contributed by atoms with Gasteiger partial charge in [-0.1, -0.05) is 29.3 Å². The van der Waals surface area contributed by atoms with E-state index in [1.807, 2.05) is 0 Å². The molecular formula is C16H9Cl2N3O4. The fourth-order valence-corrected chi connectivity index (χ4v) is 2.71. The molecule has 9 heteroatoms. The highest BCUT2D eigenvalue weighted by molar-refractivity contribution is 6.41. The second-order valence-electron chi connectivity index (χ2n) is 5.02. The molecule has 0 fully saturated rings. The first-order chi connectivity index (χ1) is 11.9. The van der Waals surface area contributed by atoms with Crippen LogP contribution in [-0.4, -0.2) is 15.1 Å². The Kier molecular flexibility index (Phi) is 4.43. The summed E-state index contributed by atoms with van der Waals surface area (Å²) in [7, 11) is 0. The zero-order valence-electron chi connectivity index (χ0n) is 12.3. The van der Waals surface area contributed by atoms with Crippen LogP contribution in [0.3, 0.4) is 0 Å². The first kappa shape index (κ1) is 16.9. The van der Waals surface area contributed by atoms with Crippen molar-refractivity contribution < 1.29 is 15.1 Å². The summed E-state index contributed by atoms with van der Waals surface area (Å²) in [5.74, 6) is -0.616. The van der Waals surface area contributed by atoms with Gasteiger partial charge in [-0.05, 0) is 24.3 Å². The highest BCUT2D eigenvalue weighted by Gasteiger charge is 2.13. The number of halogens is 2. The van der Waals surface area contributed by atoms with E-state index in [4.69, 9.17) is 23.2 Å². The third kappa shape index (κ3) is 3.19. The van der Waals surface area contributed by atoms with Crippen LogP contribution in [0.25, 0.3) is 10.8 Å². The maximum absolute atomic E-state index is 10.7. The van der Waals surface area contributed by atoms with E-state index in [1.165, 1.54) is 18.2 Å². The van der Waals surface area contributed by atoms with Crippen molar-refractivity contribution in [1.29, 1.82) is 0 Å². The van der Waals surface area contributed by atoms with Crippen LogP contribution in [0.4, 0.5) is 17.1 Å². The second kappa shape index (κ2) is 6.54. The number of benzene rings is 3. The van der Waals surface area contributed by atoms with E-state index < -0.39 is 10.7 Å². The van der Waals surface area contributed by atoms with Crippen molar-refractivity contribution in [3.8, 4) is 11.5 Å². The van der Waals surface area contributed by atoms with Gasteiger partial charge in [-0.25, -0.2) is 0 Å². The number of fused-ring (bicyclic) bond motifs is 1. The molecule has 0 aromatic heterocycles. The summed E-state index contributed by atoms with van der Waals surface area (Å²) in [6, 6.07) is 9.69. The van der Waals surface area contributed by atoms with Gasteiger partial charge in [0.2, 0.25) is 0 Å². The van der Waals surface area contributed by atoms with Crippen molar-refractivity contribution in [1.82, 2.24) is 0 Å². The molecule has 3 aromatic carbocycles. The summed E-state index contributed by atoms with van der Waals surface area (Å²) in [4.78, 5) is 10.0. The Labute approximate surface area is 150 Å². The summed E-state index contributed by atoms with van der Waals surface area (Å²) in [5.41, 5.74) is -0.150. The Morgan fingerprint density at radius 1 is 0.920 bits per heavy atom. The molecule has 0 atom stereocenters. The van der Waals surface area contributed by atoms with Crippen LogP contribution in [0.1, 0.15) is 0 Å². The van der Waals surface area contributed by atoms with Gasteiger partial charge in [0.15, 0.2) is 5.75 Å². The molecule has 0 bridgehead atoms. The molecule has 0 aliphatic rings. The van der Waals surface area contributed by atoms with Crippen molar-refractivity contribution in [2.75, 3.05) is 0 Å². The number of phenolic OH excluding ortho intramolecular Hbond substituents is 2. The number of nitro benzene ring substituents is 1. The first-order valence-electron chi connectivity index (χ1n) is 6.87. The van der Waals surface area contributed by atoms with Gasteiger partial charge >= 0.3 is 0 Å². The van der Waals surface area contributed by atoms with E-state index in [2.05, 4.69) is 10.2 Å². The smallest absolute Gasteiger partial charge is 0.273 e. The van der Waals surface area contributed by atoms with Crippen LogP contribution in [0.15, 0.2) is 52.7 Å². The van der Waals surface area contributed by atoms with E-state index in [9.17, 15) is 20.3 Å². The molecule has 0 heterocycles. The lowest BCUT2D eigenvalue weighted by molar-refractivity contribution is -0.384. The molecule has 126 valence electrons. The molecule has 0 aliphatic heterocycles. The van der Waals surface area contributed by atoms with Gasteiger partial charge in [0.25, 0.3) is 5.69 Å². The molecule has 0 saturated heterocycles. The number of hydrogen-bond acceptors (Lipinski definition) is 6. The van der Waals surface area contributed by atoms with Gasteiger partial charge in [0, 0.05) is 21.9 Å². The highest BCUT2D eigenvalue weighted by Crippen LogP contribution is 2.42. The van der Waals surface area contributed by atoms with Crippen LogP contribution in [-0.2, 0) is 0 Å². The van der Waals surface area contributed by atoms with Crippen LogP contribution in [0, 0.1) is 10.1 Å². The number of non-ortho nitro benzene ring substituents is 1. The van der Waals surface area contributed by atoms with Crippen molar-refractivity contribution in [3.05, 3.63) is 62.6 Å². The number of phenols is 2. The topological polar surface area (TPSA) is 108 Å². The maximum atomic E-state index is 10.7. The van der Waals surface area contributed by atoms with Gasteiger partial charge in [0.1, 0.15) is 17.1 Å². The van der Waals surface area contributed by atoms with Gasteiger partial charge < -0.3 is 10.2 Å². The van der Waals surface area contributed by atoms with Gasteiger partial charge in [0.05, 0.1) is 16.0 Å². The third-order valence-electron chi connectivity index (χ3n) is 3.46. The number of nitrogens with zero attached hydrogens (tertiary/aromatic N) is 3. The lowest BCUT2D eigenvalue weighted by atomic mass is 10.1. The molecule has 0 saturated carbocycles. The van der Waals surface area contributed by atoms with Crippen LogP contribution < -0.4 is 0 Å². The minimum Gasteiger partial charge on any atom is -0.505 e. The van der Waals surface area contributed by atoms with Crippen molar-refractivity contribution in [3.63, 3.8) is 0 Å². The first-order valence-corrected chi connectivity index (χ1v) is 7.63. The molecule has 3 rings (SSSR count). The minimum atomic E-state index is -0.637. The second-order valence-corrected chi connectivity index (χ2v) is 5.83. The molecule has 2 N–H and O–H groups in total. The summed E-state index contributed by atoms with van der Waals surface area (Å²) >= 11 is 12.2. The molecular weight excluding hydrogens is 369 g/mol. The Hall–Kier alpha value is -2.90. The normalized spacial score (nSPS) is 11.3. The zero-order chi connectivity index (χ0) is 18.1. The molecule has 0 radical (unpaired) electrons. The number of rotatable bonds is 3. The average molecular weight is 378 g/mol. The molecule has 0 aliphatic carbocycles. The number of aromatic hydroxyl groups is 2. The molecule has 7 nitrogen and oxygen atoms in total. The van der Waals surface area contributed by atoms with E-state index in [1.54, 1.807) is 18.2 Å². The average Bonchev–Trinajstić information content (AvgIpc) is 2.58. The van der Waals surface area contributed by atoms with Crippen LogP contribution >= 0.6 is 23.2 Å². The van der Waals surface area contributed by atoms with E-state index >= 15 is 0 Å². The van der Waals surface area contributed by atoms with Gasteiger partial charge in [-0.3, -0.25) is 10.1 Å². The molecule has 3 aromatic rings. The largest absolute Gasteiger partial charge is 0.505 e. The zero-order valence-corrected chi connectivity index (χ0v) is 13.9. The van der Waals surface area contributed by atoms with Crippen molar-refractivity contribution in [2.24, 2.45) is 10.2 Å². The monoisotopic (exact) mass is 377 g/mol. The number of azo groups is 1. The highest BCUT2D eigenvalue weighted by atomic mass is 35.5. The SMILES string of the molecule is O=[N+]([O-])c1ccc(N=Nc2ccc3c(Cl)ccc(Cl)c3c2O)c(O)c1. The third-order valence-corrected chi connectivity index (χ3v) is 4.11. The van der Waals surface area contributed by atoms with Crippen LogP contribution in [0.2, 0.25) is 10.0 Å². The summed E-state index contributed by atoms with van der Waals surface area (Å²) in [6.07, 6.45) is 0. The number of nitro groups is 1. The fourth-order valence-electron chi connectivity index (χ4n) is 2.24. The van der Waals surface area contributed by atoms with Crippen molar-refractivity contribution >= 4 is 51.0 Å². The summed E-state index contributed by atoms with van der Waals surface area (Å²) in [6.45, 7) is 0. The minimum absolute atomic E-state index is 0.0160. The van der Waals surface area contributed by atoms with Gasteiger partial charge in [-0.15, -0.1) is 10.2 Å². The van der Waals surface area contributed by atoms with E-state index in [0.717, 1.165) is 6.07 Å². The lowest BCUT2D eigenvalue weighted by Crippen LogP contribution is -1.86. The van der Waals surface area contributed by atoms with Gasteiger partial charge in [-0.2, -0.15) is 0 Å².